The average Bonchev–Trinajstić information content (AvgIpc) is 3.16. The highest BCUT2D eigenvalue weighted by Gasteiger charge is 2.25. The molecule has 7 nitrogen and oxygen atoms in total. The predicted octanol–water partition coefficient (Wildman–Crippen LogP) is 2.20. The van der Waals surface area contributed by atoms with Crippen LogP contribution in [-0.4, -0.2) is 62.8 Å². The maximum absolute atomic E-state index is 12.9. The van der Waals surface area contributed by atoms with Gasteiger partial charge in [-0.05, 0) is 43.5 Å². The maximum atomic E-state index is 12.9. The molecule has 3 aromatic heterocycles. The van der Waals surface area contributed by atoms with Crippen LogP contribution in [0.2, 0.25) is 0 Å². The highest BCUT2D eigenvalue weighted by molar-refractivity contribution is 6.01. The fraction of sp³-hybridized carbons (Fsp3) is 0.381. The molecule has 2 fully saturated rings. The number of amides is 1. The minimum absolute atomic E-state index is 0.0664. The average molecular weight is 377 g/mol. The van der Waals surface area contributed by atoms with Crippen molar-refractivity contribution >= 4 is 17.2 Å². The second-order valence-electron chi connectivity index (χ2n) is 7.58. The van der Waals surface area contributed by atoms with E-state index >= 15 is 0 Å². The summed E-state index contributed by atoms with van der Waals surface area (Å²) < 4.78 is 1.82. The number of hydrogen-bond acceptors (Lipinski definition) is 5. The zero-order valence-electron chi connectivity index (χ0n) is 15.7. The number of carbonyl (C=O) groups excluding carboxylic acids is 1. The van der Waals surface area contributed by atoms with Crippen molar-refractivity contribution in [2.24, 2.45) is 0 Å². The number of nitrogens with zero attached hydrogens (tertiary/aromatic N) is 5. The van der Waals surface area contributed by atoms with Crippen molar-refractivity contribution in [2.75, 3.05) is 31.1 Å². The summed E-state index contributed by atoms with van der Waals surface area (Å²) >= 11 is 0. The van der Waals surface area contributed by atoms with Gasteiger partial charge in [0.15, 0.2) is 0 Å². The van der Waals surface area contributed by atoms with E-state index in [0.717, 1.165) is 48.5 Å². The lowest BCUT2D eigenvalue weighted by molar-refractivity contribution is 0.0726. The monoisotopic (exact) mass is 377 g/mol. The second kappa shape index (κ2) is 6.91. The molecule has 0 unspecified atom stereocenters. The van der Waals surface area contributed by atoms with E-state index in [1.807, 2.05) is 50.8 Å². The number of likely N-dealkylation sites (tertiary alicyclic amines) is 1. The molecule has 28 heavy (non-hydrogen) atoms. The fourth-order valence-corrected chi connectivity index (χ4v) is 4.03. The molecule has 5 rings (SSSR count). The standard InChI is InChI=1S/C21H23N5O2/c27-16-13-25(14-16)20-8-7-15(11-22-20)18-5-4-6-19-17(12-23-26(18)19)21(28)24-9-2-1-3-10-24/h4-8,11-12,16,27H,1-3,9-10,13-14H2. The topological polar surface area (TPSA) is 74.0 Å². The van der Waals surface area contributed by atoms with Crippen LogP contribution in [0.1, 0.15) is 29.6 Å². The van der Waals surface area contributed by atoms with Gasteiger partial charge in [0.1, 0.15) is 5.82 Å². The Bertz CT molecular complexity index is 1000. The maximum Gasteiger partial charge on any atom is 0.257 e. The molecule has 1 amide bonds. The molecule has 0 bridgehead atoms. The summed E-state index contributed by atoms with van der Waals surface area (Å²) in [5, 5.41) is 14.0. The summed E-state index contributed by atoms with van der Waals surface area (Å²) in [6.45, 7) is 2.91. The third kappa shape index (κ3) is 2.92. The number of β-amino-alcohol motifs (C(OH)–C–C–N with tert-alkyl or cyclic N) is 1. The molecule has 2 aliphatic heterocycles. The summed E-state index contributed by atoms with van der Waals surface area (Å²) in [5.74, 6) is 0.930. The largest absolute Gasteiger partial charge is 0.389 e. The number of piperidine rings is 1. The van der Waals surface area contributed by atoms with Gasteiger partial charge in [-0.1, -0.05) is 6.07 Å². The molecular weight excluding hydrogens is 354 g/mol. The zero-order chi connectivity index (χ0) is 19.1. The number of hydrogen-bond donors (Lipinski definition) is 1. The van der Waals surface area contributed by atoms with Gasteiger partial charge in [0.25, 0.3) is 5.91 Å². The number of aliphatic hydroxyl groups is 1. The van der Waals surface area contributed by atoms with Gasteiger partial charge >= 0.3 is 0 Å². The van der Waals surface area contributed by atoms with E-state index < -0.39 is 0 Å². The first-order valence-electron chi connectivity index (χ1n) is 9.86. The summed E-state index contributed by atoms with van der Waals surface area (Å²) in [4.78, 5) is 21.5. The van der Waals surface area contributed by atoms with Gasteiger partial charge < -0.3 is 14.9 Å². The number of rotatable bonds is 3. The van der Waals surface area contributed by atoms with Crippen LogP contribution in [0.5, 0.6) is 0 Å². The molecule has 7 heteroatoms. The SMILES string of the molecule is O=C(c1cnn2c(-c3ccc(N4CC(O)C4)nc3)cccc12)N1CCCCC1. The Balaban J connectivity index is 1.46. The molecule has 2 aliphatic rings. The zero-order valence-corrected chi connectivity index (χ0v) is 15.7. The minimum Gasteiger partial charge on any atom is -0.389 e. The molecule has 0 atom stereocenters. The van der Waals surface area contributed by atoms with Crippen LogP contribution in [0, 0.1) is 0 Å². The molecular formula is C21H23N5O2. The Morgan fingerprint density at radius 3 is 2.57 bits per heavy atom. The Hall–Kier alpha value is -2.93. The van der Waals surface area contributed by atoms with Gasteiger partial charge in [-0.2, -0.15) is 5.10 Å². The number of aliphatic hydroxyl groups excluding tert-OH is 1. The van der Waals surface area contributed by atoms with Crippen LogP contribution in [0.3, 0.4) is 0 Å². The summed E-state index contributed by atoms with van der Waals surface area (Å²) in [6, 6.07) is 9.86. The molecule has 144 valence electrons. The Morgan fingerprint density at radius 2 is 1.86 bits per heavy atom. The first-order valence-corrected chi connectivity index (χ1v) is 9.86. The lowest BCUT2D eigenvalue weighted by Gasteiger charge is -2.36. The summed E-state index contributed by atoms with van der Waals surface area (Å²) in [7, 11) is 0. The van der Waals surface area contributed by atoms with Crippen molar-refractivity contribution in [1.82, 2.24) is 19.5 Å². The number of carbonyl (C=O) groups is 1. The molecule has 3 aromatic rings. The summed E-state index contributed by atoms with van der Waals surface area (Å²) in [6.07, 6.45) is 6.59. The number of pyridine rings is 2. The van der Waals surface area contributed by atoms with Crippen LogP contribution in [-0.2, 0) is 0 Å². The van der Waals surface area contributed by atoms with Crippen molar-refractivity contribution in [2.45, 2.75) is 25.4 Å². The van der Waals surface area contributed by atoms with E-state index in [2.05, 4.69) is 10.1 Å². The van der Waals surface area contributed by atoms with Crippen LogP contribution in [0.25, 0.3) is 16.8 Å². The van der Waals surface area contributed by atoms with Crippen molar-refractivity contribution in [3.05, 3.63) is 48.3 Å². The quantitative estimate of drug-likeness (QED) is 0.758. The first kappa shape index (κ1) is 17.2. The Morgan fingerprint density at radius 1 is 1.04 bits per heavy atom. The lowest BCUT2D eigenvalue weighted by Crippen LogP contribution is -2.51. The van der Waals surface area contributed by atoms with E-state index in [1.165, 1.54) is 6.42 Å². The smallest absolute Gasteiger partial charge is 0.257 e. The first-order chi connectivity index (χ1) is 13.7. The predicted molar refractivity (Wildman–Crippen MR) is 106 cm³/mol. The van der Waals surface area contributed by atoms with E-state index in [9.17, 15) is 9.90 Å². The van der Waals surface area contributed by atoms with Crippen LogP contribution in [0.15, 0.2) is 42.7 Å². The van der Waals surface area contributed by atoms with Crippen molar-refractivity contribution in [3.63, 3.8) is 0 Å². The van der Waals surface area contributed by atoms with Gasteiger partial charge in [0, 0.05) is 37.9 Å². The number of anilines is 1. The molecule has 0 radical (unpaired) electrons. The molecule has 2 saturated heterocycles. The number of fused-ring (bicyclic) bond motifs is 1. The van der Waals surface area contributed by atoms with Gasteiger partial charge in [0.05, 0.1) is 29.1 Å². The number of aromatic nitrogens is 3. The van der Waals surface area contributed by atoms with Crippen LogP contribution < -0.4 is 4.90 Å². The Labute approximate surface area is 163 Å². The van der Waals surface area contributed by atoms with Crippen molar-refractivity contribution < 1.29 is 9.90 Å². The minimum atomic E-state index is -0.254. The lowest BCUT2D eigenvalue weighted by atomic mass is 10.1. The van der Waals surface area contributed by atoms with E-state index in [0.29, 0.717) is 18.7 Å². The van der Waals surface area contributed by atoms with Crippen LogP contribution in [0.4, 0.5) is 5.82 Å². The van der Waals surface area contributed by atoms with Gasteiger partial charge in [-0.25, -0.2) is 9.50 Å². The molecule has 0 saturated carbocycles. The van der Waals surface area contributed by atoms with E-state index in [-0.39, 0.29) is 12.0 Å². The molecule has 0 spiro atoms. The van der Waals surface area contributed by atoms with Gasteiger partial charge in [0.2, 0.25) is 0 Å². The van der Waals surface area contributed by atoms with Crippen LogP contribution >= 0.6 is 0 Å². The highest BCUT2D eigenvalue weighted by Crippen LogP contribution is 2.26. The molecule has 0 aliphatic carbocycles. The molecule has 5 heterocycles. The van der Waals surface area contributed by atoms with Gasteiger partial charge in [-0.15, -0.1) is 0 Å². The van der Waals surface area contributed by atoms with Crippen molar-refractivity contribution in [1.29, 1.82) is 0 Å². The molecule has 1 N–H and O–H groups in total. The normalized spacial score (nSPS) is 17.8. The third-order valence-electron chi connectivity index (χ3n) is 5.65. The third-order valence-corrected chi connectivity index (χ3v) is 5.65. The van der Waals surface area contributed by atoms with Crippen molar-refractivity contribution in [3.8, 4) is 11.3 Å². The van der Waals surface area contributed by atoms with E-state index in [4.69, 9.17) is 0 Å². The summed E-state index contributed by atoms with van der Waals surface area (Å²) in [5.41, 5.74) is 3.32. The van der Waals surface area contributed by atoms with E-state index in [1.54, 1.807) is 6.20 Å². The fourth-order valence-electron chi connectivity index (χ4n) is 4.03. The highest BCUT2D eigenvalue weighted by atomic mass is 16.3. The Kier molecular flexibility index (Phi) is 4.24. The second-order valence-corrected chi connectivity index (χ2v) is 7.58. The molecule has 0 aromatic carbocycles. The van der Waals surface area contributed by atoms with Gasteiger partial charge in [-0.3, -0.25) is 4.79 Å².